The number of rotatable bonds is 7. The molecule has 0 aromatic heterocycles. The van der Waals surface area contributed by atoms with Gasteiger partial charge in [0.25, 0.3) is 0 Å². The lowest BCUT2D eigenvalue weighted by molar-refractivity contribution is 0.0957. The van der Waals surface area contributed by atoms with Crippen LogP contribution in [0.25, 0.3) is 0 Å². The second-order valence-corrected chi connectivity index (χ2v) is 5.95. The molecule has 0 amide bonds. The summed E-state index contributed by atoms with van der Waals surface area (Å²) in [4.78, 5) is 12.4. The van der Waals surface area contributed by atoms with Gasteiger partial charge >= 0.3 is 0 Å². The first-order valence-corrected chi connectivity index (χ1v) is 8.22. The molecule has 2 atom stereocenters. The minimum absolute atomic E-state index is 0.228. The van der Waals surface area contributed by atoms with Crippen LogP contribution in [-0.4, -0.2) is 25.0 Å². The second kappa shape index (κ2) is 8.18. The number of ether oxygens (including phenoxy) is 1. The van der Waals surface area contributed by atoms with E-state index in [1.165, 1.54) is 12.8 Å². The molecule has 0 aliphatic carbocycles. The monoisotopic (exact) mass is 289 g/mol. The van der Waals surface area contributed by atoms with Crippen molar-refractivity contribution in [2.45, 2.75) is 52.0 Å². The maximum Gasteiger partial charge on any atom is 0.164 e. The van der Waals surface area contributed by atoms with Gasteiger partial charge in [-0.3, -0.25) is 4.79 Å². The summed E-state index contributed by atoms with van der Waals surface area (Å²) < 4.78 is 5.54. The molecular weight excluding hydrogens is 262 g/mol. The smallest absolute Gasteiger partial charge is 0.164 e. The van der Waals surface area contributed by atoms with Gasteiger partial charge in [-0.25, -0.2) is 0 Å². The topological polar surface area (TPSA) is 38.3 Å². The minimum atomic E-state index is 0.228. The lowest BCUT2D eigenvalue weighted by Gasteiger charge is -2.29. The summed E-state index contributed by atoms with van der Waals surface area (Å²) in [6.07, 6.45) is 5.18. The average molecular weight is 289 g/mol. The predicted molar refractivity (Wildman–Crippen MR) is 86.0 cm³/mol. The third-order valence-electron chi connectivity index (χ3n) is 4.26. The van der Waals surface area contributed by atoms with Crippen LogP contribution in [0.1, 0.15) is 56.3 Å². The highest BCUT2D eigenvalue weighted by Gasteiger charge is 2.22. The molecule has 116 valence electrons. The van der Waals surface area contributed by atoms with Gasteiger partial charge in [0, 0.05) is 18.0 Å². The fraction of sp³-hybridized carbons (Fsp3) is 0.611. The Bertz CT molecular complexity index is 441. The Morgan fingerprint density at radius 3 is 2.71 bits per heavy atom. The molecule has 1 heterocycles. The van der Waals surface area contributed by atoms with E-state index in [0.29, 0.717) is 12.5 Å². The Labute approximate surface area is 128 Å². The number of carbonyl (C=O) groups is 1. The highest BCUT2D eigenvalue weighted by molar-refractivity contribution is 5.96. The first kappa shape index (κ1) is 16.0. The average Bonchev–Trinajstić information content (AvgIpc) is 2.53. The number of carbonyl (C=O) groups excluding carboxylic acids is 1. The molecule has 1 saturated heterocycles. The molecule has 1 aromatic carbocycles. The summed E-state index contributed by atoms with van der Waals surface area (Å²) in [7, 11) is 0. The summed E-state index contributed by atoms with van der Waals surface area (Å²) >= 11 is 0. The minimum Gasteiger partial charge on any atom is -0.494 e. The fourth-order valence-corrected chi connectivity index (χ4v) is 2.92. The summed E-state index contributed by atoms with van der Waals surface area (Å²) in [5.74, 6) is 1.84. The number of piperidine rings is 1. The van der Waals surface area contributed by atoms with Crippen LogP contribution in [0.3, 0.4) is 0 Å². The van der Waals surface area contributed by atoms with Crippen LogP contribution in [0.15, 0.2) is 24.3 Å². The Kier molecular flexibility index (Phi) is 6.24. The van der Waals surface area contributed by atoms with E-state index in [1.807, 2.05) is 24.3 Å². The van der Waals surface area contributed by atoms with Gasteiger partial charge in [-0.1, -0.05) is 20.3 Å². The van der Waals surface area contributed by atoms with Crippen molar-refractivity contribution in [2.24, 2.45) is 5.92 Å². The van der Waals surface area contributed by atoms with E-state index in [-0.39, 0.29) is 5.78 Å². The van der Waals surface area contributed by atoms with Gasteiger partial charge < -0.3 is 10.1 Å². The van der Waals surface area contributed by atoms with Crippen LogP contribution in [0.5, 0.6) is 5.75 Å². The standard InChI is InChI=1S/C18H27NO2/c1-3-11-21-17-7-5-15(6-8-17)18(20)13-16-12-14(4-2)9-10-19-16/h5-8,14,16,19H,3-4,9-13H2,1-2H3. The summed E-state index contributed by atoms with van der Waals surface area (Å²) in [5.41, 5.74) is 0.791. The molecule has 0 bridgehead atoms. The van der Waals surface area contributed by atoms with Crippen LogP contribution in [0.4, 0.5) is 0 Å². The van der Waals surface area contributed by atoms with Crippen LogP contribution in [0.2, 0.25) is 0 Å². The van der Waals surface area contributed by atoms with E-state index in [0.717, 1.165) is 43.2 Å². The van der Waals surface area contributed by atoms with Crippen molar-refractivity contribution < 1.29 is 9.53 Å². The van der Waals surface area contributed by atoms with Gasteiger partial charge in [-0.15, -0.1) is 0 Å². The van der Waals surface area contributed by atoms with Gasteiger partial charge in [0.05, 0.1) is 6.61 Å². The quantitative estimate of drug-likeness (QED) is 0.775. The Morgan fingerprint density at radius 1 is 1.29 bits per heavy atom. The number of benzene rings is 1. The van der Waals surface area contributed by atoms with Crippen molar-refractivity contribution in [2.75, 3.05) is 13.2 Å². The van der Waals surface area contributed by atoms with Crippen molar-refractivity contribution in [1.29, 1.82) is 0 Å². The van der Waals surface area contributed by atoms with E-state index >= 15 is 0 Å². The molecule has 1 aromatic rings. The molecule has 0 saturated carbocycles. The normalized spacial score (nSPS) is 22.0. The molecule has 2 unspecified atom stereocenters. The van der Waals surface area contributed by atoms with E-state index in [2.05, 4.69) is 19.2 Å². The Hall–Kier alpha value is -1.35. The maximum absolute atomic E-state index is 12.4. The molecule has 2 rings (SSSR count). The zero-order valence-electron chi connectivity index (χ0n) is 13.2. The predicted octanol–water partition coefficient (Wildman–Crippen LogP) is 3.83. The number of nitrogens with one attached hydrogen (secondary N) is 1. The summed E-state index contributed by atoms with van der Waals surface area (Å²) in [5, 5.41) is 3.48. The summed E-state index contributed by atoms with van der Waals surface area (Å²) in [6, 6.07) is 7.89. The number of ketones is 1. The van der Waals surface area contributed by atoms with Crippen LogP contribution >= 0.6 is 0 Å². The zero-order valence-corrected chi connectivity index (χ0v) is 13.2. The van der Waals surface area contributed by atoms with Gasteiger partial charge in [0.2, 0.25) is 0 Å². The van der Waals surface area contributed by atoms with Crippen molar-refractivity contribution >= 4 is 5.78 Å². The molecule has 21 heavy (non-hydrogen) atoms. The molecule has 3 heteroatoms. The van der Waals surface area contributed by atoms with Gasteiger partial charge in [-0.05, 0) is 56.0 Å². The molecular formula is C18H27NO2. The SMILES string of the molecule is CCCOc1ccc(C(=O)CC2CC(CC)CCN2)cc1. The van der Waals surface area contributed by atoms with E-state index in [1.54, 1.807) is 0 Å². The Balaban J connectivity index is 1.87. The Morgan fingerprint density at radius 2 is 2.05 bits per heavy atom. The molecule has 0 radical (unpaired) electrons. The van der Waals surface area contributed by atoms with Crippen molar-refractivity contribution in [3.8, 4) is 5.75 Å². The van der Waals surface area contributed by atoms with Crippen LogP contribution < -0.4 is 10.1 Å². The van der Waals surface area contributed by atoms with Crippen LogP contribution in [0, 0.1) is 5.92 Å². The van der Waals surface area contributed by atoms with Crippen molar-refractivity contribution in [1.82, 2.24) is 5.32 Å². The third-order valence-corrected chi connectivity index (χ3v) is 4.26. The summed E-state index contributed by atoms with van der Waals surface area (Å²) in [6.45, 7) is 6.08. The van der Waals surface area contributed by atoms with Gasteiger partial charge in [-0.2, -0.15) is 0 Å². The molecule has 1 aliphatic rings. The van der Waals surface area contributed by atoms with Crippen molar-refractivity contribution in [3.63, 3.8) is 0 Å². The molecule has 1 N–H and O–H groups in total. The number of hydrogen-bond donors (Lipinski definition) is 1. The lowest BCUT2D eigenvalue weighted by Crippen LogP contribution is -2.39. The molecule has 0 spiro atoms. The van der Waals surface area contributed by atoms with E-state index in [9.17, 15) is 4.79 Å². The molecule has 3 nitrogen and oxygen atoms in total. The van der Waals surface area contributed by atoms with Gasteiger partial charge in [0.1, 0.15) is 5.75 Å². The second-order valence-electron chi connectivity index (χ2n) is 5.95. The van der Waals surface area contributed by atoms with Crippen LogP contribution in [-0.2, 0) is 0 Å². The first-order chi connectivity index (χ1) is 10.2. The number of Topliss-reactive ketones (excluding diaryl/α,β-unsaturated/α-hetero) is 1. The van der Waals surface area contributed by atoms with E-state index < -0.39 is 0 Å². The third kappa shape index (κ3) is 4.85. The lowest BCUT2D eigenvalue weighted by atomic mass is 9.87. The highest BCUT2D eigenvalue weighted by atomic mass is 16.5. The molecule has 1 aliphatic heterocycles. The molecule has 1 fully saturated rings. The largest absolute Gasteiger partial charge is 0.494 e. The van der Waals surface area contributed by atoms with Gasteiger partial charge in [0.15, 0.2) is 5.78 Å². The first-order valence-electron chi connectivity index (χ1n) is 8.22. The van der Waals surface area contributed by atoms with E-state index in [4.69, 9.17) is 4.74 Å². The fourth-order valence-electron chi connectivity index (χ4n) is 2.92. The highest BCUT2D eigenvalue weighted by Crippen LogP contribution is 2.22. The van der Waals surface area contributed by atoms with Crippen molar-refractivity contribution in [3.05, 3.63) is 29.8 Å². The zero-order chi connectivity index (χ0) is 15.1. The maximum atomic E-state index is 12.4. The number of hydrogen-bond acceptors (Lipinski definition) is 3.